The second kappa shape index (κ2) is 7.36. The van der Waals surface area contributed by atoms with Crippen LogP contribution in [0.1, 0.15) is 11.3 Å². The third-order valence-electron chi connectivity index (χ3n) is 4.59. The lowest BCUT2D eigenvalue weighted by molar-refractivity contribution is 0.408. The van der Waals surface area contributed by atoms with Crippen LogP contribution in [0.3, 0.4) is 0 Å². The summed E-state index contributed by atoms with van der Waals surface area (Å²) in [6, 6.07) is 11.0. The molecular formula is C19H20N4O4S2. The molecule has 8 nitrogen and oxygen atoms in total. The van der Waals surface area contributed by atoms with Crippen molar-refractivity contribution in [2.24, 2.45) is 0 Å². The molecule has 0 aliphatic rings. The molecule has 0 saturated heterocycles. The number of rotatable bonds is 6. The molecule has 1 aromatic carbocycles. The first kappa shape index (κ1) is 19.7. The second-order valence-electron chi connectivity index (χ2n) is 6.68. The molecule has 0 spiro atoms. The van der Waals surface area contributed by atoms with Gasteiger partial charge in [0.1, 0.15) is 11.5 Å². The Labute approximate surface area is 172 Å². The van der Waals surface area contributed by atoms with Gasteiger partial charge < -0.3 is 9.15 Å². The highest BCUT2D eigenvalue weighted by molar-refractivity contribution is 7.98. The number of thioether (sulfide) groups is 1. The van der Waals surface area contributed by atoms with Gasteiger partial charge in [0, 0.05) is 25.5 Å². The maximum atomic E-state index is 12.2. The predicted molar refractivity (Wildman–Crippen MR) is 111 cm³/mol. The maximum Gasteiger partial charge on any atom is 0.275 e. The molecule has 0 unspecified atom stereocenters. The number of hydrogen-bond acceptors (Lipinski definition) is 7. The van der Waals surface area contributed by atoms with Crippen molar-refractivity contribution in [3.63, 3.8) is 0 Å². The zero-order chi connectivity index (χ0) is 20.8. The molecule has 4 rings (SSSR count). The van der Waals surface area contributed by atoms with Crippen molar-refractivity contribution in [3.8, 4) is 5.75 Å². The first-order valence-corrected chi connectivity index (χ1v) is 11.2. The van der Waals surface area contributed by atoms with E-state index in [0.29, 0.717) is 16.7 Å². The number of nitrogens with zero attached hydrogens (tertiary/aromatic N) is 4. The zero-order valence-electron chi connectivity index (χ0n) is 16.4. The average molecular weight is 433 g/mol. The van der Waals surface area contributed by atoms with Gasteiger partial charge in [0.15, 0.2) is 10.8 Å². The average Bonchev–Trinajstić information content (AvgIpc) is 3.33. The number of benzene rings is 1. The van der Waals surface area contributed by atoms with Gasteiger partial charge in [-0.1, -0.05) is 11.8 Å². The van der Waals surface area contributed by atoms with E-state index in [1.807, 2.05) is 35.6 Å². The van der Waals surface area contributed by atoms with E-state index < -0.39 is 10.0 Å². The lowest BCUT2D eigenvalue weighted by Gasteiger charge is -2.09. The Morgan fingerprint density at radius 2 is 1.97 bits per heavy atom. The van der Waals surface area contributed by atoms with E-state index >= 15 is 0 Å². The molecule has 3 aromatic heterocycles. The van der Waals surface area contributed by atoms with Crippen molar-refractivity contribution in [2.75, 3.05) is 21.2 Å². The van der Waals surface area contributed by atoms with E-state index in [9.17, 15) is 8.42 Å². The third-order valence-corrected chi connectivity index (χ3v) is 7.23. The molecule has 10 heteroatoms. The van der Waals surface area contributed by atoms with Crippen molar-refractivity contribution < 1.29 is 17.6 Å². The quantitative estimate of drug-likeness (QED) is 0.432. The van der Waals surface area contributed by atoms with Crippen LogP contribution < -0.4 is 4.74 Å². The first-order chi connectivity index (χ1) is 13.8. The highest BCUT2D eigenvalue weighted by atomic mass is 32.2. The first-order valence-electron chi connectivity index (χ1n) is 8.78. The van der Waals surface area contributed by atoms with Crippen molar-refractivity contribution >= 4 is 38.3 Å². The lowest BCUT2D eigenvalue weighted by Crippen LogP contribution is -2.21. The van der Waals surface area contributed by atoms with Crippen molar-refractivity contribution in [1.82, 2.24) is 18.9 Å². The molecule has 0 saturated carbocycles. The minimum Gasteiger partial charge on any atom is -0.497 e. The molecule has 152 valence electrons. The van der Waals surface area contributed by atoms with Crippen molar-refractivity contribution in [2.45, 2.75) is 22.9 Å². The number of aryl methyl sites for hydroxylation is 1. The Morgan fingerprint density at radius 3 is 2.69 bits per heavy atom. The summed E-state index contributed by atoms with van der Waals surface area (Å²) in [7, 11) is 0.974. The van der Waals surface area contributed by atoms with E-state index in [4.69, 9.17) is 9.15 Å². The Bertz CT molecular complexity index is 1310. The van der Waals surface area contributed by atoms with E-state index in [1.54, 1.807) is 13.2 Å². The summed E-state index contributed by atoms with van der Waals surface area (Å²) in [6.45, 7) is 2.03. The van der Waals surface area contributed by atoms with Gasteiger partial charge in [0.2, 0.25) is 5.09 Å². The van der Waals surface area contributed by atoms with Gasteiger partial charge in [-0.3, -0.25) is 4.40 Å². The largest absolute Gasteiger partial charge is 0.497 e. The summed E-state index contributed by atoms with van der Waals surface area (Å²) in [4.78, 5) is 0. The fraction of sp³-hybridized carbons (Fsp3) is 0.263. The summed E-state index contributed by atoms with van der Waals surface area (Å²) in [6.07, 6.45) is 0. The number of fused-ring (bicyclic) bond motifs is 3. The summed E-state index contributed by atoms with van der Waals surface area (Å²) in [5, 5.41) is 10.3. The number of hydrogen-bond donors (Lipinski definition) is 0. The Morgan fingerprint density at radius 1 is 1.17 bits per heavy atom. The SMILES string of the molecule is COc1ccc2c(C)cc3nnc(SCc4ccc(S(=O)(=O)N(C)C)o4)n3c2c1. The minimum absolute atomic E-state index is 0.0741. The standard InChI is InChI=1S/C19H20N4O4S2/c1-12-9-17-20-21-19(23(17)16-10-13(26-4)5-7-15(12)16)28-11-14-6-8-18(27-14)29(24,25)22(2)3/h5-10H,11H2,1-4H3. The monoisotopic (exact) mass is 432 g/mol. The van der Waals surface area contributed by atoms with Gasteiger partial charge in [-0.2, -0.15) is 0 Å². The van der Waals surface area contributed by atoms with Gasteiger partial charge in [-0.25, -0.2) is 12.7 Å². The minimum atomic E-state index is -3.59. The Hall–Kier alpha value is -2.56. The summed E-state index contributed by atoms with van der Waals surface area (Å²) >= 11 is 1.42. The van der Waals surface area contributed by atoms with Gasteiger partial charge in [-0.15, -0.1) is 10.2 Å². The van der Waals surface area contributed by atoms with Crippen LogP contribution in [0.25, 0.3) is 16.6 Å². The Kier molecular flexibility index (Phi) is 5.01. The Balaban J connectivity index is 1.69. The van der Waals surface area contributed by atoms with Gasteiger partial charge in [-0.05, 0) is 42.8 Å². The van der Waals surface area contributed by atoms with Crippen LogP contribution in [0.2, 0.25) is 0 Å². The molecule has 29 heavy (non-hydrogen) atoms. The van der Waals surface area contributed by atoms with Crippen LogP contribution in [0, 0.1) is 6.92 Å². The fourth-order valence-electron chi connectivity index (χ4n) is 3.01. The molecule has 0 amide bonds. The molecule has 0 radical (unpaired) electrons. The normalized spacial score (nSPS) is 12.3. The number of sulfonamides is 1. The van der Waals surface area contributed by atoms with Crippen LogP contribution >= 0.6 is 11.8 Å². The van der Waals surface area contributed by atoms with Crippen LogP contribution in [0.4, 0.5) is 0 Å². The molecule has 0 fully saturated rings. The summed E-state index contributed by atoms with van der Waals surface area (Å²) in [5.74, 6) is 1.71. The highest BCUT2D eigenvalue weighted by Crippen LogP contribution is 2.30. The molecule has 0 bridgehead atoms. The fourth-order valence-corrected chi connectivity index (χ4v) is 4.67. The van der Waals surface area contributed by atoms with E-state index in [-0.39, 0.29) is 5.09 Å². The van der Waals surface area contributed by atoms with Gasteiger partial charge in [0.05, 0.1) is 18.4 Å². The number of methoxy groups -OCH3 is 1. The van der Waals surface area contributed by atoms with Crippen LogP contribution in [-0.4, -0.2) is 48.5 Å². The molecule has 3 heterocycles. The highest BCUT2D eigenvalue weighted by Gasteiger charge is 2.22. The molecule has 0 aliphatic heterocycles. The molecule has 0 N–H and O–H groups in total. The van der Waals surface area contributed by atoms with Crippen LogP contribution in [0.5, 0.6) is 5.75 Å². The predicted octanol–water partition coefficient (Wildman–Crippen LogP) is 3.34. The smallest absolute Gasteiger partial charge is 0.275 e. The van der Waals surface area contributed by atoms with Crippen molar-refractivity contribution in [3.05, 3.63) is 47.7 Å². The van der Waals surface area contributed by atoms with E-state index in [2.05, 4.69) is 10.2 Å². The summed E-state index contributed by atoms with van der Waals surface area (Å²) in [5.41, 5.74) is 2.78. The van der Waals surface area contributed by atoms with Crippen LogP contribution in [0.15, 0.2) is 51.1 Å². The van der Waals surface area contributed by atoms with Crippen LogP contribution in [-0.2, 0) is 15.8 Å². The molecular weight excluding hydrogens is 412 g/mol. The lowest BCUT2D eigenvalue weighted by atomic mass is 10.1. The number of pyridine rings is 1. The van der Waals surface area contributed by atoms with Gasteiger partial charge >= 0.3 is 0 Å². The zero-order valence-corrected chi connectivity index (χ0v) is 18.0. The maximum absolute atomic E-state index is 12.2. The molecule has 4 aromatic rings. The molecule has 0 aliphatic carbocycles. The molecule has 0 atom stereocenters. The summed E-state index contributed by atoms with van der Waals surface area (Å²) < 4.78 is 38.4. The third kappa shape index (κ3) is 3.47. The number of furan rings is 1. The number of ether oxygens (including phenoxy) is 1. The van der Waals surface area contributed by atoms with Gasteiger partial charge in [0.25, 0.3) is 10.0 Å². The number of aromatic nitrogens is 3. The topological polar surface area (TPSA) is 89.9 Å². The van der Waals surface area contributed by atoms with E-state index in [0.717, 1.165) is 32.2 Å². The second-order valence-corrected chi connectivity index (χ2v) is 9.71. The van der Waals surface area contributed by atoms with E-state index in [1.165, 1.54) is 31.9 Å². The van der Waals surface area contributed by atoms with Crippen molar-refractivity contribution in [1.29, 1.82) is 0 Å².